The fourth-order valence-corrected chi connectivity index (χ4v) is 5.12. The lowest BCUT2D eigenvalue weighted by Crippen LogP contribution is -2.62. The molecule has 0 radical (unpaired) electrons. The highest BCUT2D eigenvalue weighted by Gasteiger charge is 2.42. The number of aromatic nitrogens is 1. The molecular weight excluding hydrogens is 310 g/mol. The molecule has 6 heteroatoms. The number of hydrogen-bond acceptors (Lipinski definition) is 6. The third-order valence-corrected chi connectivity index (χ3v) is 6.46. The summed E-state index contributed by atoms with van der Waals surface area (Å²) in [5, 5.41) is 0. The molecule has 0 spiro atoms. The van der Waals surface area contributed by atoms with Gasteiger partial charge in [0.1, 0.15) is 0 Å². The second kappa shape index (κ2) is 7.15. The molecule has 0 unspecified atom stereocenters. The van der Waals surface area contributed by atoms with Crippen molar-refractivity contribution in [3.8, 4) is 0 Å². The Kier molecular flexibility index (Phi) is 4.96. The van der Waals surface area contributed by atoms with Crippen LogP contribution in [0.3, 0.4) is 0 Å². The number of likely N-dealkylation sites (tertiary alicyclic amines) is 1. The third-order valence-electron chi connectivity index (χ3n) is 5.54. The zero-order valence-corrected chi connectivity index (χ0v) is 14.8. The molecule has 0 N–H and O–H groups in total. The molecule has 0 aliphatic carbocycles. The molecule has 3 saturated heterocycles. The van der Waals surface area contributed by atoms with Gasteiger partial charge in [0.2, 0.25) is 0 Å². The van der Waals surface area contributed by atoms with E-state index in [4.69, 9.17) is 9.47 Å². The summed E-state index contributed by atoms with van der Waals surface area (Å²) in [6.45, 7) is 10.2. The van der Waals surface area contributed by atoms with Crippen molar-refractivity contribution < 1.29 is 9.47 Å². The topological polar surface area (TPSA) is 37.8 Å². The minimum absolute atomic E-state index is 0.417. The Morgan fingerprint density at radius 3 is 2.91 bits per heavy atom. The molecule has 128 valence electrons. The van der Waals surface area contributed by atoms with Crippen molar-refractivity contribution in [3.05, 3.63) is 16.1 Å². The van der Waals surface area contributed by atoms with Crippen molar-refractivity contribution in [1.82, 2.24) is 14.8 Å². The number of rotatable bonds is 3. The van der Waals surface area contributed by atoms with Crippen LogP contribution in [0.5, 0.6) is 0 Å². The van der Waals surface area contributed by atoms with E-state index in [1.165, 1.54) is 30.0 Å². The Hall–Kier alpha value is -0.530. The van der Waals surface area contributed by atoms with Gasteiger partial charge in [-0.3, -0.25) is 9.80 Å². The Morgan fingerprint density at radius 2 is 2.13 bits per heavy atom. The molecule has 0 aromatic carbocycles. The Morgan fingerprint density at radius 1 is 1.26 bits per heavy atom. The molecule has 0 saturated carbocycles. The maximum atomic E-state index is 6.24. The summed E-state index contributed by atoms with van der Waals surface area (Å²) >= 11 is 1.79. The summed E-state index contributed by atoms with van der Waals surface area (Å²) in [4.78, 5) is 11.1. The lowest BCUT2D eigenvalue weighted by Gasteiger charge is -2.50. The van der Waals surface area contributed by atoms with E-state index in [0.29, 0.717) is 18.1 Å². The summed E-state index contributed by atoms with van der Waals surface area (Å²) in [5.41, 5.74) is 3.17. The van der Waals surface area contributed by atoms with E-state index in [2.05, 4.69) is 21.7 Å². The summed E-state index contributed by atoms with van der Waals surface area (Å²) < 4.78 is 11.8. The number of thiazole rings is 1. The monoisotopic (exact) mass is 337 g/mol. The van der Waals surface area contributed by atoms with E-state index < -0.39 is 0 Å². The molecule has 4 heterocycles. The van der Waals surface area contributed by atoms with E-state index in [1.807, 2.05) is 5.51 Å². The van der Waals surface area contributed by atoms with Gasteiger partial charge in [0.15, 0.2) is 0 Å². The molecule has 23 heavy (non-hydrogen) atoms. The molecule has 3 aliphatic rings. The largest absolute Gasteiger partial charge is 0.379 e. The van der Waals surface area contributed by atoms with Crippen LogP contribution in [-0.4, -0.2) is 72.9 Å². The van der Waals surface area contributed by atoms with E-state index in [-0.39, 0.29) is 0 Å². The van der Waals surface area contributed by atoms with Gasteiger partial charge >= 0.3 is 0 Å². The molecule has 3 fully saturated rings. The Labute approximate surface area is 142 Å². The molecule has 0 bridgehead atoms. The average Bonchev–Trinajstić information content (AvgIpc) is 3.00. The molecule has 1 aromatic rings. The first-order valence-corrected chi connectivity index (χ1v) is 9.74. The average molecular weight is 337 g/mol. The van der Waals surface area contributed by atoms with Gasteiger partial charge in [-0.05, 0) is 25.7 Å². The Balaban J connectivity index is 1.49. The fourth-order valence-electron chi connectivity index (χ4n) is 4.30. The normalized spacial score (nSPS) is 33.5. The van der Waals surface area contributed by atoms with Gasteiger partial charge in [0.05, 0.1) is 30.5 Å². The van der Waals surface area contributed by atoms with Gasteiger partial charge in [0, 0.05) is 50.2 Å². The standard InChI is InChI=1S/C17H27N3O2S/c1-13-16(23-12-18-13)11-19-9-14-3-2-6-22-17(14)15(10-19)20-4-7-21-8-5-20/h12,14-15,17H,2-11H2,1H3/t14-,15+,17-/m0/s1. The lowest BCUT2D eigenvalue weighted by molar-refractivity contribution is -0.128. The Bertz CT molecular complexity index is 518. The van der Waals surface area contributed by atoms with Gasteiger partial charge in [-0.1, -0.05) is 0 Å². The summed E-state index contributed by atoms with van der Waals surface area (Å²) in [5.74, 6) is 0.679. The van der Waals surface area contributed by atoms with E-state index in [1.54, 1.807) is 11.3 Å². The minimum atomic E-state index is 0.417. The van der Waals surface area contributed by atoms with Crippen LogP contribution >= 0.6 is 11.3 Å². The number of hydrogen-bond donors (Lipinski definition) is 0. The number of piperidine rings is 1. The van der Waals surface area contributed by atoms with Crippen molar-refractivity contribution in [3.63, 3.8) is 0 Å². The molecule has 0 amide bonds. The second-order valence-corrected chi connectivity index (χ2v) is 7.95. The van der Waals surface area contributed by atoms with Crippen LogP contribution in [-0.2, 0) is 16.0 Å². The number of ether oxygens (including phenoxy) is 2. The second-order valence-electron chi connectivity index (χ2n) is 7.01. The minimum Gasteiger partial charge on any atom is -0.379 e. The highest BCUT2D eigenvalue weighted by molar-refractivity contribution is 7.09. The molecule has 5 nitrogen and oxygen atoms in total. The van der Waals surface area contributed by atoms with Crippen LogP contribution in [0.1, 0.15) is 23.4 Å². The van der Waals surface area contributed by atoms with Crippen LogP contribution in [0.25, 0.3) is 0 Å². The van der Waals surface area contributed by atoms with Gasteiger partial charge in [-0.15, -0.1) is 11.3 Å². The fraction of sp³-hybridized carbons (Fsp3) is 0.824. The summed E-state index contributed by atoms with van der Waals surface area (Å²) in [6, 6.07) is 0.520. The van der Waals surface area contributed by atoms with Gasteiger partial charge in [-0.2, -0.15) is 0 Å². The quantitative estimate of drug-likeness (QED) is 0.840. The smallest absolute Gasteiger partial charge is 0.0798 e. The van der Waals surface area contributed by atoms with Crippen LogP contribution in [0, 0.1) is 12.8 Å². The van der Waals surface area contributed by atoms with Gasteiger partial charge in [-0.25, -0.2) is 4.98 Å². The number of aryl methyl sites for hydroxylation is 1. The first-order valence-electron chi connectivity index (χ1n) is 8.86. The van der Waals surface area contributed by atoms with Crippen molar-refractivity contribution >= 4 is 11.3 Å². The van der Waals surface area contributed by atoms with E-state index in [0.717, 1.165) is 46.0 Å². The van der Waals surface area contributed by atoms with Gasteiger partial charge in [0.25, 0.3) is 0 Å². The maximum Gasteiger partial charge on any atom is 0.0798 e. The van der Waals surface area contributed by atoms with Crippen LogP contribution in [0.4, 0.5) is 0 Å². The number of fused-ring (bicyclic) bond motifs is 1. The summed E-state index contributed by atoms with van der Waals surface area (Å²) in [7, 11) is 0. The number of nitrogens with zero attached hydrogens (tertiary/aromatic N) is 3. The van der Waals surface area contributed by atoms with Crippen molar-refractivity contribution in [2.45, 2.75) is 38.5 Å². The first-order chi connectivity index (χ1) is 11.3. The molecule has 4 rings (SSSR count). The zero-order chi connectivity index (χ0) is 15.6. The lowest BCUT2D eigenvalue weighted by atomic mass is 9.84. The molecule has 3 atom stereocenters. The van der Waals surface area contributed by atoms with Crippen LogP contribution in [0.15, 0.2) is 5.51 Å². The zero-order valence-electron chi connectivity index (χ0n) is 13.9. The number of morpholine rings is 1. The maximum absolute atomic E-state index is 6.24. The van der Waals surface area contributed by atoms with E-state index in [9.17, 15) is 0 Å². The molecular formula is C17H27N3O2S. The van der Waals surface area contributed by atoms with Crippen molar-refractivity contribution in [2.75, 3.05) is 46.0 Å². The predicted octanol–water partition coefficient (Wildman–Crippen LogP) is 1.76. The van der Waals surface area contributed by atoms with Crippen LogP contribution in [0.2, 0.25) is 0 Å². The SMILES string of the molecule is Cc1ncsc1CN1C[C@@H]2CCCO[C@@H]2[C@H](N2CCOCC2)C1. The van der Waals surface area contributed by atoms with Gasteiger partial charge < -0.3 is 9.47 Å². The van der Waals surface area contributed by atoms with Crippen molar-refractivity contribution in [2.24, 2.45) is 5.92 Å². The highest BCUT2D eigenvalue weighted by Crippen LogP contribution is 2.32. The molecule has 1 aromatic heterocycles. The van der Waals surface area contributed by atoms with E-state index >= 15 is 0 Å². The highest BCUT2D eigenvalue weighted by atomic mass is 32.1. The first kappa shape index (κ1) is 16.0. The summed E-state index contributed by atoms with van der Waals surface area (Å²) in [6.07, 6.45) is 2.94. The predicted molar refractivity (Wildman–Crippen MR) is 90.8 cm³/mol. The third kappa shape index (κ3) is 3.46. The molecule has 3 aliphatic heterocycles. The van der Waals surface area contributed by atoms with Crippen LogP contribution < -0.4 is 0 Å². The van der Waals surface area contributed by atoms with Crippen molar-refractivity contribution in [1.29, 1.82) is 0 Å².